The maximum absolute atomic E-state index is 5.51. The van der Waals surface area contributed by atoms with Crippen LogP contribution in [0.2, 0.25) is 0 Å². The molecule has 5 nitrogen and oxygen atoms in total. The first-order chi connectivity index (χ1) is 13.1. The predicted molar refractivity (Wildman–Crippen MR) is 119 cm³/mol. The van der Waals surface area contributed by atoms with Gasteiger partial charge in [-0.25, -0.2) is 9.73 Å². The van der Waals surface area contributed by atoms with Gasteiger partial charge in [-0.2, -0.15) is 0 Å². The Kier molecular flexibility index (Phi) is 6.53. The van der Waals surface area contributed by atoms with E-state index >= 15 is 0 Å². The van der Waals surface area contributed by atoms with E-state index in [9.17, 15) is 0 Å². The molecule has 27 heavy (non-hydrogen) atoms. The van der Waals surface area contributed by atoms with Gasteiger partial charge in [0.1, 0.15) is 5.44 Å². The lowest BCUT2D eigenvalue weighted by molar-refractivity contribution is 0.420. The summed E-state index contributed by atoms with van der Waals surface area (Å²) in [4.78, 5) is 5.93. The van der Waals surface area contributed by atoms with Crippen molar-refractivity contribution in [1.82, 2.24) is 18.7 Å². The molecular weight excluding hydrogens is 373 g/mol. The van der Waals surface area contributed by atoms with Gasteiger partial charge in [-0.05, 0) is 19.1 Å². The molecule has 1 aromatic carbocycles. The van der Waals surface area contributed by atoms with Crippen molar-refractivity contribution in [1.29, 1.82) is 0 Å². The van der Waals surface area contributed by atoms with Gasteiger partial charge in [0.25, 0.3) is 0 Å². The number of aromatic nitrogens is 2. The largest absolute Gasteiger partial charge is 0.287 e. The molecule has 0 N–H and O–H groups in total. The summed E-state index contributed by atoms with van der Waals surface area (Å²) in [6.45, 7) is 14.9. The van der Waals surface area contributed by atoms with E-state index in [0.29, 0.717) is 0 Å². The van der Waals surface area contributed by atoms with E-state index in [1.165, 1.54) is 5.44 Å². The highest BCUT2D eigenvalue weighted by Gasteiger charge is 2.38. The molecule has 0 amide bonds. The lowest BCUT2D eigenvalue weighted by Gasteiger charge is -2.42. The zero-order chi connectivity index (χ0) is 19.4. The van der Waals surface area contributed by atoms with Crippen molar-refractivity contribution in [3.05, 3.63) is 47.6 Å². The Morgan fingerprint density at radius 2 is 1.59 bits per heavy atom. The van der Waals surface area contributed by atoms with Crippen LogP contribution in [0.3, 0.4) is 0 Å². The van der Waals surface area contributed by atoms with Crippen LogP contribution in [0.4, 0.5) is 5.69 Å². The fourth-order valence-corrected chi connectivity index (χ4v) is 8.79. The van der Waals surface area contributed by atoms with E-state index in [2.05, 4.69) is 90.3 Å². The van der Waals surface area contributed by atoms with Gasteiger partial charge in [0.05, 0.1) is 11.4 Å². The van der Waals surface area contributed by atoms with Crippen molar-refractivity contribution in [3.63, 3.8) is 0 Å². The monoisotopic (exact) mass is 403 g/mol. The molecule has 0 saturated heterocycles. The first-order valence-electron chi connectivity index (χ1n) is 9.73. The highest BCUT2D eigenvalue weighted by atomic mass is 32.1. The van der Waals surface area contributed by atoms with Gasteiger partial charge in [0.15, 0.2) is 12.3 Å². The average Bonchev–Trinajstić information content (AvgIpc) is 3.24. The maximum atomic E-state index is 5.51. The summed E-state index contributed by atoms with van der Waals surface area (Å²) in [7, 11) is -2.19. The van der Waals surface area contributed by atoms with Crippen LogP contribution < -0.4 is 5.44 Å². The molecule has 0 saturated carbocycles. The fraction of sp³-hybridized carbons (Fsp3) is 0.450. The van der Waals surface area contributed by atoms with Crippen LogP contribution in [0.15, 0.2) is 46.7 Å². The van der Waals surface area contributed by atoms with Gasteiger partial charge in [-0.1, -0.05) is 45.9 Å². The van der Waals surface area contributed by atoms with E-state index in [4.69, 9.17) is 9.73 Å². The molecule has 2 heterocycles. The Labute approximate surface area is 166 Å². The minimum absolute atomic E-state index is 0.952. The quantitative estimate of drug-likeness (QED) is 0.474. The van der Waals surface area contributed by atoms with Crippen LogP contribution in [0.25, 0.3) is 4.96 Å². The number of benzene rings is 1. The third-order valence-corrected chi connectivity index (χ3v) is 10.0. The second-order valence-corrected chi connectivity index (χ2v) is 10.1. The molecule has 0 atom stereocenters. The Morgan fingerprint density at radius 1 is 1.00 bits per heavy atom. The summed E-state index contributed by atoms with van der Waals surface area (Å²) < 4.78 is 12.9. The number of imidazole rings is 1. The molecule has 2 aromatic heterocycles. The van der Waals surface area contributed by atoms with E-state index < -0.39 is 7.36 Å². The zero-order valence-corrected chi connectivity index (χ0v) is 18.7. The molecule has 0 aliphatic heterocycles. The number of rotatable bonds is 8. The lowest BCUT2D eigenvalue weighted by atomic mass is 10.3. The summed E-state index contributed by atoms with van der Waals surface area (Å²) >= 11 is 1.69. The molecule has 146 valence electrons. The molecule has 7 heteroatoms. The van der Waals surface area contributed by atoms with Crippen molar-refractivity contribution >= 4 is 34.8 Å². The van der Waals surface area contributed by atoms with E-state index in [0.717, 1.165) is 42.5 Å². The highest BCUT2D eigenvalue weighted by Crippen LogP contribution is 2.57. The minimum Gasteiger partial charge on any atom is -0.287 e. The lowest BCUT2D eigenvalue weighted by Crippen LogP contribution is -2.39. The predicted octanol–water partition coefficient (Wildman–Crippen LogP) is 5.38. The molecule has 3 rings (SSSR count). The standard InChI is InChI=1S/C20H30N5PS/c1-6-23(7-2)26(24(8-3)9-4,22-18-13-11-10-12-14-18)19-17(5)21-20-25(19)15-16-27-20/h10-16H,6-9H2,1-5H3. The molecule has 0 spiro atoms. The summed E-state index contributed by atoms with van der Waals surface area (Å²) in [6.07, 6.45) is 2.15. The highest BCUT2D eigenvalue weighted by molar-refractivity contribution is 7.69. The van der Waals surface area contributed by atoms with Crippen molar-refractivity contribution in [2.24, 2.45) is 4.74 Å². The van der Waals surface area contributed by atoms with Crippen molar-refractivity contribution in [2.45, 2.75) is 34.6 Å². The van der Waals surface area contributed by atoms with Crippen LogP contribution in [-0.4, -0.2) is 44.9 Å². The Bertz CT molecular complexity index is 906. The Balaban J connectivity index is 2.45. The normalized spacial score (nSPS) is 12.4. The van der Waals surface area contributed by atoms with E-state index in [1.54, 1.807) is 11.3 Å². The summed E-state index contributed by atoms with van der Waals surface area (Å²) in [5, 5.41) is 2.12. The average molecular weight is 404 g/mol. The van der Waals surface area contributed by atoms with Crippen LogP contribution in [-0.2, 0) is 0 Å². The Hall–Kier alpha value is -1.46. The maximum Gasteiger partial charge on any atom is 0.194 e. The van der Waals surface area contributed by atoms with Crippen LogP contribution >= 0.6 is 18.7 Å². The first-order valence-corrected chi connectivity index (χ1v) is 12.3. The number of nitrogens with zero attached hydrogens (tertiary/aromatic N) is 5. The molecular formula is C20H30N5PS. The molecule has 0 aliphatic rings. The Morgan fingerprint density at radius 3 is 2.15 bits per heavy atom. The molecule has 0 bridgehead atoms. The van der Waals surface area contributed by atoms with Crippen molar-refractivity contribution < 1.29 is 0 Å². The summed E-state index contributed by atoms with van der Waals surface area (Å²) in [5.74, 6) is 0. The van der Waals surface area contributed by atoms with Gasteiger partial charge >= 0.3 is 0 Å². The SMILES string of the molecule is CCN(CC)P(=Nc1ccccc1)(c1c(C)nc2sccn12)N(CC)CC. The minimum atomic E-state index is -2.19. The van der Waals surface area contributed by atoms with Crippen molar-refractivity contribution in [3.8, 4) is 0 Å². The second kappa shape index (κ2) is 8.70. The summed E-state index contributed by atoms with van der Waals surface area (Å²) in [5.41, 5.74) is 3.39. The van der Waals surface area contributed by atoms with Gasteiger partial charge in [-0.15, -0.1) is 11.3 Å². The van der Waals surface area contributed by atoms with Gasteiger partial charge in [0, 0.05) is 37.8 Å². The number of thiazole rings is 1. The molecule has 0 radical (unpaired) electrons. The smallest absolute Gasteiger partial charge is 0.194 e. The second-order valence-electron chi connectivity index (χ2n) is 6.36. The number of hydrogen-bond acceptors (Lipinski definition) is 3. The molecule has 0 unspecified atom stereocenters. The molecule has 0 fully saturated rings. The topological polar surface area (TPSA) is 36.1 Å². The number of fused-ring (bicyclic) bond motifs is 1. The number of hydrogen-bond donors (Lipinski definition) is 0. The van der Waals surface area contributed by atoms with E-state index in [-0.39, 0.29) is 0 Å². The van der Waals surface area contributed by atoms with E-state index in [1.807, 2.05) is 0 Å². The van der Waals surface area contributed by atoms with Crippen molar-refractivity contribution in [2.75, 3.05) is 26.2 Å². The molecule has 0 aliphatic carbocycles. The summed E-state index contributed by atoms with van der Waals surface area (Å²) in [6, 6.07) is 10.4. The van der Waals surface area contributed by atoms with Crippen LogP contribution in [0.1, 0.15) is 33.4 Å². The fourth-order valence-electron chi connectivity index (χ4n) is 3.76. The number of aryl methyl sites for hydroxylation is 1. The van der Waals surface area contributed by atoms with Gasteiger partial charge in [0.2, 0.25) is 0 Å². The van der Waals surface area contributed by atoms with Crippen LogP contribution in [0.5, 0.6) is 0 Å². The molecule has 3 aromatic rings. The first kappa shape index (κ1) is 20.3. The third kappa shape index (κ3) is 3.52. The van der Waals surface area contributed by atoms with Crippen LogP contribution in [0, 0.1) is 6.92 Å². The zero-order valence-electron chi connectivity index (χ0n) is 17.0. The van der Waals surface area contributed by atoms with Gasteiger partial charge in [-0.3, -0.25) is 13.7 Å². The third-order valence-electron chi connectivity index (χ3n) is 4.95. The van der Waals surface area contributed by atoms with Gasteiger partial charge < -0.3 is 0 Å².